The molecule has 0 saturated carbocycles. The minimum atomic E-state index is -0.835. The second-order valence-corrected chi connectivity index (χ2v) is 7.25. The molecule has 1 aliphatic heterocycles. The van der Waals surface area contributed by atoms with Crippen molar-refractivity contribution in [1.82, 2.24) is 14.8 Å². The number of pyridine rings is 1. The Morgan fingerprint density at radius 3 is 2.65 bits per heavy atom. The molecule has 1 aliphatic rings. The Morgan fingerprint density at radius 2 is 2.00 bits per heavy atom. The van der Waals surface area contributed by atoms with Crippen molar-refractivity contribution in [3.63, 3.8) is 0 Å². The van der Waals surface area contributed by atoms with Crippen LogP contribution in [0.3, 0.4) is 0 Å². The molecule has 1 aromatic heterocycles. The van der Waals surface area contributed by atoms with Crippen molar-refractivity contribution in [2.24, 2.45) is 0 Å². The normalized spacial score (nSPS) is 15.6. The molecule has 7 heteroatoms. The van der Waals surface area contributed by atoms with E-state index in [9.17, 15) is 9.59 Å². The van der Waals surface area contributed by atoms with Gasteiger partial charge in [-0.05, 0) is 45.0 Å². The van der Waals surface area contributed by atoms with Crippen molar-refractivity contribution in [3.05, 3.63) is 40.5 Å². The predicted octanol–water partition coefficient (Wildman–Crippen LogP) is 2.82. The zero-order chi connectivity index (χ0) is 18.8. The molecular weight excluding hydrogens is 354 g/mol. The molecule has 2 aromatic rings. The second kappa shape index (κ2) is 7.60. The number of halogens is 1. The summed E-state index contributed by atoms with van der Waals surface area (Å²) in [5, 5.41) is 10.3. The van der Waals surface area contributed by atoms with Crippen LogP contribution >= 0.6 is 11.6 Å². The molecule has 0 radical (unpaired) electrons. The second-order valence-electron chi connectivity index (χ2n) is 6.81. The summed E-state index contributed by atoms with van der Waals surface area (Å²) in [6.45, 7) is 3.09. The summed E-state index contributed by atoms with van der Waals surface area (Å²) in [5.74, 6) is -0.909. The number of carbonyl (C=O) groups is 2. The van der Waals surface area contributed by atoms with Gasteiger partial charge >= 0.3 is 5.97 Å². The van der Waals surface area contributed by atoms with E-state index in [4.69, 9.17) is 16.7 Å². The van der Waals surface area contributed by atoms with E-state index in [2.05, 4.69) is 4.98 Å². The van der Waals surface area contributed by atoms with Crippen molar-refractivity contribution in [2.75, 3.05) is 26.7 Å². The van der Waals surface area contributed by atoms with Crippen molar-refractivity contribution in [1.29, 1.82) is 0 Å². The zero-order valence-electron chi connectivity index (χ0n) is 14.9. The van der Waals surface area contributed by atoms with Gasteiger partial charge in [0, 0.05) is 35.2 Å². The summed E-state index contributed by atoms with van der Waals surface area (Å²) < 4.78 is 0. The molecule has 2 heterocycles. The summed E-state index contributed by atoms with van der Waals surface area (Å²) in [6, 6.07) is 7.49. The fraction of sp³-hybridized carbons (Fsp3) is 0.421. The van der Waals surface area contributed by atoms with Crippen molar-refractivity contribution < 1.29 is 14.7 Å². The lowest BCUT2D eigenvalue weighted by Gasteiger charge is -2.36. The number of hydrogen-bond acceptors (Lipinski definition) is 4. The van der Waals surface area contributed by atoms with Crippen molar-refractivity contribution in [3.8, 4) is 0 Å². The lowest BCUT2D eigenvalue weighted by Crippen LogP contribution is -2.46. The predicted molar refractivity (Wildman–Crippen MR) is 101 cm³/mol. The smallest absolute Gasteiger partial charge is 0.317 e. The maximum Gasteiger partial charge on any atom is 0.317 e. The Morgan fingerprint density at radius 1 is 1.31 bits per heavy atom. The number of aryl methyl sites for hydroxylation is 1. The quantitative estimate of drug-likeness (QED) is 0.889. The number of rotatable bonds is 4. The first-order chi connectivity index (χ1) is 12.3. The maximum absolute atomic E-state index is 13.1. The monoisotopic (exact) mass is 375 g/mol. The van der Waals surface area contributed by atoms with E-state index in [1.807, 2.05) is 37.1 Å². The minimum absolute atomic E-state index is 0.0146. The SMILES string of the molecule is Cc1ccc2cc(Cl)cc(C(=O)N3CCC(N(C)CC(=O)O)CC3)c2n1. The van der Waals surface area contributed by atoms with Gasteiger partial charge in [0.25, 0.3) is 5.91 Å². The fourth-order valence-electron chi connectivity index (χ4n) is 3.48. The van der Waals surface area contributed by atoms with E-state index in [0.717, 1.165) is 23.9 Å². The third kappa shape index (κ3) is 3.97. The van der Waals surface area contributed by atoms with E-state index >= 15 is 0 Å². The van der Waals surface area contributed by atoms with Crippen LogP contribution in [0.15, 0.2) is 24.3 Å². The summed E-state index contributed by atoms with van der Waals surface area (Å²) in [4.78, 5) is 32.1. The van der Waals surface area contributed by atoms with Gasteiger partial charge < -0.3 is 10.0 Å². The average Bonchev–Trinajstić information content (AvgIpc) is 2.60. The van der Waals surface area contributed by atoms with Gasteiger partial charge in [-0.15, -0.1) is 0 Å². The van der Waals surface area contributed by atoms with Crippen molar-refractivity contribution in [2.45, 2.75) is 25.8 Å². The highest BCUT2D eigenvalue weighted by Gasteiger charge is 2.27. The highest BCUT2D eigenvalue weighted by Crippen LogP contribution is 2.26. The Kier molecular flexibility index (Phi) is 5.44. The summed E-state index contributed by atoms with van der Waals surface area (Å²) in [6.07, 6.45) is 1.50. The van der Waals surface area contributed by atoms with E-state index < -0.39 is 5.97 Å². The van der Waals surface area contributed by atoms with Crippen LogP contribution in [0.25, 0.3) is 10.9 Å². The third-order valence-corrected chi connectivity index (χ3v) is 5.10. The molecule has 1 saturated heterocycles. The fourth-order valence-corrected chi connectivity index (χ4v) is 3.71. The molecule has 0 spiro atoms. The highest BCUT2D eigenvalue weighted by atomic mass is 35.5. The molecule has 0 unspecified atom stereocenters. The maximum atomic E-state index is 13.1. The summed E-state index contributed by atoms with van der Waals surface area (Å²) >= 11 is 6.20. The molecule has 0 bridgehead atoms. The van der Waals surface area contributed by atoms with Crippen LogP contribution in [0.4, 0.5) is 0 Å². The van der Waals surface area contributed by atoms with Crippen LogP contribution in [0.2, 0.25) is 5.02 Å². The summed E-state index contributed by atoms with van der Waals surface area (Å²) in [7, 11) is 1.81. The Bertz CT molecular complexity index is 847. The molecule has 26 heavy (non-hydrogen) atoms. The Hall–Kier alpha value is -2.18. The molecule has 1 aromatic carbocycles. The van der Waals surface area contributed by atoms with E-state index in [0.29, 0.717) is 29.2 Å². The van der Waals surface area contributed by atoms with E-state index in [1.165, 1.54) is 0 Å². The number of amides is 1. The van der Waals surface area contributed by atoms with Crippen molar-refractivity contribution >= 4 is 34.4 Å². The lowest BCUT2D eigenvalue weighted by atomic mass is 10.0. The molecule has 1 N–H and O–H groups in total. The molecule has 1 amide bonds. The zero-order valence-corrected chi connectivity index (χ0v) is 15.7. The van der Waals surface area contributed by atoms with Gasteiger partial charge in [0.15, 0.2) is 0 Å². The molecule has 6 nitrogen and oxygen atoms in total. The first kappa shape index (κ1) is 18.6. The van der Waals surface area contributed by atoms with Gasteiger partial charge in [0.1, 0.15) is 0 Å². The summed E-state index contributed by atoms with van der Waals surface area (Å²) in [5.41, 5.74) is 2.04. The Labute approximate surface area is 157 Å². The number of piperidine rings is 1. The standard InChI is InChI=1S/C19H22ClN3O3/c1-12-3-4-13-9-14(20)10-16(18(13)21-12)19(26)23-7-5-15(6-8-23)22(2)11-17(24)25/h3-4,9-10,15H,5-8,11H2,1-2H3,(H,24,25). The minimum Gasteiger partial charge on any atom is -0.480 e. The number of carbonyl (C=O) groups excluding carboxylic acids is 1. The number of likely N-dealkylation sites (tertiary alicyclic amines) is 1. The average molecular weight is 376 g/mol. The molecule has 0 aliphatic carbocycles. The van der Waals surface area contributed by atoms with Gasteiger partial charge in [0.2, 0.25) is 0 Å². The number of hydrogen-bond donors (Lipinski definition) is 1. The number of likely N-dealkylation sites (N-methyl/N-ethyl adjacent to an activating group) is 1. The van der Waals surface area contributed by atoms with Crippen LogP contribution in [0.1, 0.15) is 28.9 Å². The van der Waals surface area contributed by atoms with Crippen LogP contribution in [-0.4, -0.2) is 64.5 Å². The molecule has 3 rings (SSSR count). The number of carboxylic acids is 1. The van der Waals surface area contributed by atoms with Crippen LogP contribution in [0, 0.1) is 6.92 Å². The largest absolute Gasteiger partial charge is 0.480 e. The molecular formula is C19H22ClN3O3. The Balaban J connectivity index is 1.78. The van der Waals surface area contributed by atoms with E-state index in [-0.39, 0.29) is 18.5 Å². The number of fused-ring (bicyclic) bond motifs is 1. The van der Waals surface area contributed by atoms with Gasteiger partial charge in [-0.3, -0.25) is 19.5 Å². The van der Waals surface area contributed by atoms with Gasteiger partial charge in [-0.25, -0.2) is 0 Å². The first-order valence-corrected chi connectivity index (χ1v) is 9.01. The topological polar surface area (TPSA) is 73.7 Å². The molecule has 1 fully saturated rings. The number of aliphatic carboxylic acids is 1. The third-order valence-electron chi connectivity index (χ3n) is 4.89. The van der Waals surface area contributed by atoms with Gasteiger partial charge in [-0.1, -0.05) is 17.7 Å². The first-order valence-electron chi connectivity index (χ1n) is 8.63. The van der Waals surface area contributed by atoms with Gasteiger partial charge in [-0.2, -0.15) is 0 Å². The number of carboxylic acid groups (broad SMARTS) is 1. The highest BCUT2D eigenvalue weighted by molar-refractivity contribution is 6.32. The number of benzene rings is 1. The van der Waals surface area contributed by atoms with Gasteiger partial charge in [0.05, 0.1) is 17.6 Å². The molecule has 138 valence electrons. The number of aromatic nitrogens is 1. The lowest BCUT2D eigenvalue weighted by molar-refractivity contribution is -0.138. The van der Waals surface area contributed by atoms with Crippen LogP contribution < -0.4 is 0 Å². The van der Waals surface area contributed by atoms with Crippen LogP contribution in [-0.2, 0) is 4.79 Å². The number of nitrogens with zero attached hydrogens (tertiary/aromatic N) is 3. The van der Waals surface area contributed by atoms with E-state index in [1.54, 1.807) is 11.0 Å². The molecule has 0 atom stereocenters. The van der Waals surface area contributed by atoms with Crippen LogP contribution in [0.5, 0.6) is 0 Å².